The molecule has 0 aliphatic heterocycles. The van der Waals surface area contributed by atoms with E-state index in [4.69, 9.17) is 0 Å². The van der Waals surface area contributed by atoms with Crippen LogP contribution in [-0.4, -0.2) is 0 Å². The second kappa shape index (κ2) is 9.76. The smallest absolute Gasteiger partial charge is 0.00921 e. The largest absolute Gasteiger partial charge is 0.0654 e. The molecular formula is C38H34. The number of fused-ring (bicyclic) bond motifs is 8. The fourth-order valence-electron chi connectivity index (χ4n) is 6.44. The third kappa shape index (κ3) is 3.91. The molecule has 0 aromatic heterocycles. The number of hydrogen-bond acceptors (Lipinski definition) is 0. The molecule has 0 unspecified atom stereocenters. The van der Waals surface area contributed by atoms with Crippen molar-refractivity contribution in [3.63, 3.8) is 0 Å². The van der Waals surface area contributed by atoms with Gasteiger partial charge in [-0.05, 0) is 108 Å². The van der Waals surface area contributed by atoms with Crippen molar-refractivity contribution in [3.05, 3.63) is 109 Å². The Bertz CT molecular complexity index is 1830. The highest BCUT2D eigenvalue weighted by atomic mass is 14.2. The van der Waals surface area contributed by atoms with Gasteiger partial charge in [-0.3, -0.25) is 0 Å². The van der Waals surface area contributed by atoms with Crippen molar-refractivity contribution in [2.45, 2.75) is 51.9 Å². The van der Waals surface area contributed by atoms with Crippen LogP contribution in [0.1, 0.15) is 51.0 Å². The minimum atomic E-state index is 1.20. The molecule has 0 fully saturated rings. The predicted octanol–water partition coefficient (Wildman–Crippen LogP) is 11.4. The number of hydrogen-bond donors (Lipinski definition) is 0. The van der Waals surface area contributed by atoms with Gasteiger partial charge in [-0.15, -0.1) is 0 Å². The summed E-state index contributed by atoms with van der Waals surface area (Å²) in [5.41, 5.74) is 6.66. The van der Waals surface area contributed by atoms with Crippen LogP contribution in [0.5, 0.6) is 0 Å². The van der Waals surface area contributed by atoms with Gasteiger partial charge >= 0.3 is 0 Å². The van der Waals surface area contributed by atoms with Crippen molar-refractivity contribution >= 4 is 43.1 Å². The van der Waals surface area contributed by atoms with E-state index in [1.54, 1.807) is 0 Å². The van der Waals surface area contributed by atoms with Crippen molar-refractivity contribution in [2.75, 3.05) is 0 Å². The van der Waals surface area contributed by atoms with Crippen molar-refractivity contribution in [2.24, 2.45) is 0 Å². The summed E-state index contributed by atoms with van der Waals surface area (Å²) >= 11 is 0. The molecule has 0 nitrogen and oxygen atoms in total. The van der Waals surface area contributed by atoms with Crippen LogP contribution in [0.25, 0.3) is 65.3 Å². The third-order valence-corrected chi connectivity index (χ3v) is 8.55. The van der Waals surface area contributed by atoms with Crippen LogP contribution >= 0.6 is 0 Å². The molecule has 0 N–H and O–H groups in total. The molecule has 0 heteroatoms. The third-order valence-electron chi connectivity index (χ3n) is 8.55. The maximum Gasteiger partial charge on any atom is -0.00921 e. The molecule has 7 aromatic carbocycles. The first-order valence-corrected chi connectivity index (χ1v) is 14.4. The van der Waals surface area contributed by atoms with Crippen molar-refractivity contribution < 1.29 is 0 Å². The van der Waals surface area contributed by atoms with Gasteiger partial charge in [0.05, 0.1) is 0 Å². The summed E-state index contributed by atoms with van der Waals surface area (Å²) in [6.45, 7) is 2.29. The lowest BCUT2D eigenvalue weighted by Crippen LogP contribution is -1.94. The van der Waals surface area contributed by atoms with E-state index in [1.807, 2.05) is 0 Å². The second-order valence-electron chi connectivity index (χ2n) is 11.0. The number of aryl methyl sites for hydroxylation is 1. The molecule has 0 aliphatic carbocycles. The zero-order chi connectivity index (χ0) is 25.5. The lowest BCUT2D eigenvalue weighted by molar-refractivity contribution is 0.607. The summed E-state index contributed by atoms with van der Waals surface area (Å²) in [5, 5.41) is 11.3. The molecule has 0 radical (unpaired) electrons. The maximum absolute atomic E-state index is 2.46. The van der Waals surface area contributed by atoms with Gasteiger partial charge in [0.2, 0.25) is 0 Å². The van der Waals surface area contributed by atoms with Crippen molar-refractivity contribution in [1.29, 1.82) is 0 Å². The van der Waals surface area contributed by atoms with Crippen LogP contribution in [0.3, 0.4) is 0 Å². The minimum absolute atomic E-state index is 1.20. The normalized spacial score (nSPS) is 12.0. The molecule has 0 aliphatic rings. The summed E-state index contributed by atoms with van der Waals surface area (Å²) in [7, 11) is 0. The molecule has 7 aromatic rings. The van der Waals surface area contributed by atoms with E-state index in [-0.39, 0.29) is 0 Å². The van der Waals surface area contributed by atoms with Gasteiger partial charge in [0, 0.05) is 0 Å². The van der Waals surface area contributed by atoms with Gasteiger partial charge in [0.1, 0.15) is 0 Å². The van der Waals surface area contributed by atoms with Gasteiger partial charge in [-0.1, -0.05) is 118 Å². The highest BCUT2D eigenvalue weighted by Crippen LogP contribution is 2.47. The Hall–Kier alpha value is -3.90. The number of rotatable bonds is 9. The van der Waals surface area contributed by atoms with E-state index in [9.17, 15) is 0 Å². The zero-order valence-corrected chi connectivity index (χ0v) is 22.3. The summed E-state index contributed by atoms with van der Waals surface area (Å²) in [5.74, 6) is 0. The van der Waals surface area contributed by atoms with Crippen LogP contribution in [-0.2, 0) is 6.42 Å². The first-order chi connectivity index (χ1) is 18.8. The average Bonchev–Trinajstić information content (AvgIpc) is 2.96. The summed E-state index contributed by atoms with van der Waals surface area (Å²) < 4.78 is 0. The quantitative estimate of drug-likeness (QED) is 0.176. The molecule has 7 rings (SSSR count). The van der Waals surface area contributed by atoms with E-state index in [1.165, 1.54) is 116 Å². The van der Waals surface area contributed by atoms with Crippen LogP contribution in [0.2, 0.25) is 0 Å². The number of unbranched alkanes of at least 4 members (excludes halogenated alkanes) is 5. The molecule has 0 bridgehead atoms. The van der Waals surface area contributed by atoms with E-state index in [0.717, 1.165) is 0 Å². The molecule has 0 saturated heterocycles. The van der Waals surface area contributed by atoms with Gasteiger partial charge in [0.15, 0.2) is 0 Å². The highest BCUT2D eigenvalue weighted by molar-refractivity contribution is 6.35. The Balaban J connectivity index is 1.28. The Kier molecular flexibility index (Phi) is 5.97. The van der Waals surface area contributed by atoms with E-state index in [2.05, 4.69) is 110 Å². The fourth-order valence-corrected chi connectivity index (χ4v) is 6.44. The Morgan fingerprint density at radius 3 is 1.45 bits per heavy atom. The fraction of sp³-hybridized carbons (Fsp3) is 0.211. The summed E-state index contributed by atoms with van der Waals surface area (Å²) in [4.78, 5) is 0. The molecule has 38 heavy (non-hydrogen) atoms. The molecule has 0 amide bonds. The molecule has 0 heterocycles. The van der Waals surface area contributed by atoms with E-state index < -0.39 is 0 Å². The highest BCUT2D eigenvalue weighted by Gasteiger charge is 2.19. The lowest BCUT2D eigenvalue weighted by Gasteiger charge is -2.21. The second-order valence-corrected chi connectivity index (χ2v) is 11.0. The standard InChI is InChI=1S/C38H34/c1-2-3-4-5-6-9-14-26-19-20-29-32(21-26)36-25-38-35-23-31(28-17-12-8-13-18-28)30(27-15-10-7-11-16-27)22-34(35)37(38)24-33(29)36/h7-8,10-13,15-25H,2-6,9,14H2,1H3. The Labute approximate surface area is 225 Å². The topological polar surface area (TPSA) is 0 Å². The molecule has 186 valence electrons. The minimum Gasteiger partial charge on any atom is -0.0654 e. The lowest BCUT2D eigenvalue weighted by atomic mass is 9.82. The van der Waals surface area contributed by atoms with Gasteiger partial charge in [-0.25, -0.2) is 0 Å². The predicted molar refractivity (Wildman–Crippen MR) is 167 cm³/mol. The average molecular weight is 491 g/mol. The number of benzene rings is 5. The first-order valence-electron chi connectivity index (χ1n) is 14.4. The molecule has 0 saturated carbocycles. The zero-order valence-electron chi connectivity index (χ0n) is 22.3. The van der Waals surface area contributed by atoms with Crippen molar-refractivity contribution in [1.82, 2.24) is 0 Å². The molecule has 0 spiro atoms. The summed E-state index contributed by atoms with van der Waals surface area (Å²) in [6, 6.07) is 38.6. The van der Waals surface area contributed by atoms with Crippen LogP contribution in [0.15, 0.2) is 103 Å². The van der Waals surface area contributed by atoms with Gasteiger partial charge in [-0.2, -0.15) is 0 Å². The maximum atomic E-state index is 2.46. The van der Waals surface area contributed by atoms with E-state index in [0.29, 0.717) is 0 Å². The first kappa shape index (κ1) is 23.2. The Morgan fingerprint density at radius 1 is 0.395 bits per heavy atom. The molecule has 0 atom stereocenters. The van der Waals surface area contributed by atoms with E-state index >= 15 is 0 Å². The van der Waals surface area contributed by atoms with Crippen LogP contribution in [0.4, 0.5) is 0 Å². The van der Waals surface area contributed by atoms with Gasteiger partial charge < -0.3 is 0 Å². The monoisotopic (exact) mass is 490 g/mol. The molecular weight excluding hydrogens is 456 g/mol. The van der Waals surface area contributed by atoms with Crippen LogP contribution < -0.4 is 0 Å². The van der Waals surface area contributed by atoms with Crippen molar-refractivity contribution in [3.8, 4) is 22.3 Å². The SMILES string of the molecule is CCCCCCCCc1ccc2c(c1)c1cc3c4cc(-c5ccccc5)c(-c5ccccc5)cc4c3cc21. The van der Waals surface area contributed by atoms with Crippen LogP contribution in [0, 0.1) is 0 Å². The van der Waals surface area contributed by atoms with Gasteiger partial charge in [0.25, 0.3) is 0 Å². The Morgan fingerprint density at radius 2 is 0.868 bits per heavy atom. The summed E-state index contributed by atoms with van der Waals surface area (Å²) in [6.07, 6.45) is 9.32.